The molecule has 0 atom stereocenters. The molecule has 24 heavy (non-hydrogen) atoms. The maximum absolute atomic E-state index is 12.6. The van der Waals surface area contributed by atoms with Gasteiger partial charge < -0.3 is 4.74 Å². The lowest BCUT2D eigenvalue weighted by Gasteiger charge is -2.19. The molecule has 0 radical (unpaired) electrons. The summed E-state index contributed by atoms with van der Waals surface area (Å²) in [6.07, 6.45) is 0. The molecule has 0 aliphatic rings. The van der Waals surface area contributed by atoms with Crippen molar-refractivity contribution in [2.24, 2.45) is 0 Å². The minimum absolute atomic E-state index is 0.00610. The molecule has 0 fully saturated rings. The summed E-state index contributed by atoms with van der Waals surface area (Å²) in [4.78, 5) is -0.173. The van der Waals surface area contributed by atoms with E-state index in [1.807, 2.05) is 0 Å². The van der Waals surface area contributed by atoms with Crippen LogP contribution in [0.3, 0.4) is 0 Å². The van der Waals surface area contributed by atoms with Gasteiger partial charge in [0.2, 0.25) is 10.0 Å². The van der Waals surface area contributed by atoms with E-state index in [4.69, 9.17) is 23.2 Å². The molecule has 0 saturated heterocycles. The van der Waals surface area contributed by atoms with Crippen molar-refractivity contribution in [1.82, 2.24) is 4.31 Å². The smallest absolute Gasteiger partial charge is 0.387 e. The molecule has 0 aliphatic heterocycles. The first kappa shape index (κ1) is 18.9. The van der Waals surface area contributed by atoms with Gasteiger partial charge in [0.05, 0.1) is 10.0 Å². The second-order valence-corrected chi connectivity index (χ2v) is 7.63. The van der Waals surface area contributed by atoms with Crippen LogP contribution in [0.2, 0.25) is 10.0 Å². The Morgan fingerprint density at radius 2 is 1.62 bits per heavy atom. The van der Waals surface area contributed by atoms with Crippen LogP contribution < -0.4 is 4.74 Å². The number of nitrogens with zero attached hydrogens (tertiary/aromatic N) is 1. The molecule has 130 valence electrons. The number of alkyl halides is 2. The average Bonchev–Trinajstić information content (AvgIpc) is 2.48. The molecule has 2 aromatic carbocycles. The Morgan fingerprint density at radius 1 is 1.08 bits per heavy atom. The number of benzene rings is 2. The second-order valence-electron chi connectivity index (χ2n) is 4.83. The van der Waals surface area contributed by atoms with Gasteiger partial charge in [-0.3, -0.25) is 0 Å². The third kappa shape index (κ3) is 4.36. The molecule has 0 saturated carbocycles. The number of hydrogen-bond donors (Lipinski definition) is 0. The summed E-state index contributed by atoms with van der Waals surface area (Å²) in [5.41, 5.74) is 0.589. The summed E-state index contributed by atoms with van der Waals surface area (Å²) in [5.74, 6) is -0.00610. The fraction of sp³-hybridized carbons (Fsp3) is 0.200. The molecule has 0 spiro atoms. The highest BCUT2D eigenvalue weighted by Gasteiger charge is 2.26. The van der Waals surface area contributed by atoms with E-state index in [1.54, 1.807) is 6.07 Å². The Balaban J connectivity index is 2.21. The topological polar surface area (TPSA) is 46.6 Å². The average molecular weight is 396 g/mol. The Hall–Kier alpha value is -1.41. The summed E-state index contributed by atoms with van der Waals surface area (Å²) in [6.45, 7) is -2.90. The zero-order chi connectivity index (χ0) is 17.9. The lowest BCUT2D eigenvalue weighted by molar-refractivity contribution is -0.0498. The van der Waals surface area contributed by atoms with E-state index < -0.39 is 16.6 Å². The standard InChI is InChI=1S/C15H13Cl2F2NO3S/c1-20(9-10-5-7-11(8-6-10)23-15(18)19)24(21,22)14-12(16)3-2-4-13(14)17/h2-8,15H,9H2,1H3. The summed E-state index contributed by atoms with van der Waals surface area (Å²) >= 11 is 11.9. The van der Waals surface area contributed by atoms with Crippen LogP contribution in [0.4, 0.5) is 8.78 Å². The van der Waals surface area contributed by atoms with Gasteiger partial charge in [-0.05, 0) is 29.8 Å². The monoisotopic (exact) mass is 395 g/mol. The molecule has 0 unspecified atom stereocenters. The molecular weight excluding hydrogens is 383 g/mol. The number of hydrogen-bond acceptors (Lipinski definition) is 3. The molecule has 0 bridgehead atoms. The SMILES string of the molecule is CN(Cc1ccc(OC(F)F)cc1)S(=O)(=O)c1c(Cl)cccc1Cl. The van der Waals surface area contributed by atoms with Crippen LogP contribution in [-0.2, 0) is 16.6 Å². The fourth-order valence-corrected chi connectivity index (χ4v) is 4.25. The first-order valence-electron chi connectivity index (χ1n) is 6.66. The van der Waals surface area contributed by atoms with Crippen molar-refractivity contribution < 1.29 is 21.9 Å². The minimum Gasteiger partial charge on any atom is -0.435 e. The number of halogens is 4. The maximum atomic E-state index is 12.6. The van der Waals surface area contributed by atoms with Gasteiger partial charge in [-0.1, -0.05) is 41.4 Å². The molecule has 0 aliphatic carbocycles. The van der Waals surface area contributed by atoms with Gasteiger partial charge >= 0.3 is 6.61 Å². The van der Waals surface area contributed by atoms with Crippen molar-refractivity contribution in [3.8, 4) is 5.75 Å². The van der Waals surface area contributed by atoms with Crippen molar-refractivity contribution in [1.29, 1.82) is 0 Å². The summed E-state index contributed by atoms with van der Waals surface area (Å²) in [7, 11) is -2.54. The van der Waals surface area contributed by atoms with Gasteiger partial charge in [-0.15, -0.1) is 0 Å². The van der Waals surface area contributed by atoms with Crippen LogP contribution >= 0.6 is 23.2 Å². The number of sulfonamides is 1. The second kappa shape index (κ2) is 7.65. The van der Waals surface area contributed by atoms with Gasteiger partial charge in [0.15, 0.2) is 0 Å². The van der Waals surface area contributed by atoms with Crippen molar-refractivity contribution in [3.63, 3.8) is 0 Å². The van der Waals surface area contributed by atoms with Crippen molar-refractivity contribution in [2.75, 3.05) is 7.05 Å². The van der Waals surface area contributed by atoms with E-state index in [9.17, 15) is 17.2 Å². The van der Waals surface area contributed by atoms with Crippen LogP contribution in [0.5, 0.6) is 5.75 Å². The predicted octanol–water partition coefficient (Wildman–Crippen LogP) is 4.42. The van der Waals surface area contributed by atoms with Crippen molar-refractivity contribution in [2.45, 2.75) is 18.1 Å². The predicted molar refractivity (Wildman–Crippen MR) is 88.2 cm³/mol. The van der Waals surface area contributed by atoms with Crippen LogP contribution in [-0.4, -0.2) is 26.4 Å². The quantitative estimate of drug-likeness (QED) is 0.727. The molecule has 0 N–H and O–H groups in total. The van der Waals surface area contributed by atoms with Crippen LogP contribution in [0.1, 0.15) is 5.56 Å². The molecule has 4 nitrogen and oxygen atoms in total. The highest BCUT2D eigenvalue weighted by atomic mass is 35.5. The lowest BCUT2D eigenvalue weighted by atomic mass is 10.2. The zero-order valence-electron chi connectivity index (χ0n) is 12.4. The van der Waals surface area contributed by atoms with E-state index in [2.05, 4.69) is 4.74 Å². The molecule has 0 aromatic heterocycles. The van der Waals surface area contributed by atoms with Gasteiger partial charge in [0.1, 0.15) is 10.6 Å². The van der Waals surface area contributed by atoms with Crippen LogP contribution in [0.15, 0.2) is 47.4 Å². The number of ether oxygens (including phenoxy) is 1. The highest BCUT2D eigenvalue weighted by molar-refractivity contribution is 7.89. The fourth-order valence-electron chi connectivity index (χ4n) is 2.00. The van der Waals surface area contributed by atoms with Gasteiger partial charge in [-0.2, -0.15) is 13.1 Å². The Morgan fingerprint density at radius 3 is 2.12 bits per heavy atom. The zero-order valence-corrected chi connectivity index (χ0v) is 14.7. The van der Waals surface area contributed by atoms with E-state index in [-0.39, 0.29) is 27.2 Å². The van der Waals surface area contributed by atoms with Gasteiger partial charge in [-0.25, -0.2) is 8.42 Å². The first-order chi connectivity index (χ1) is 11.2. The normalized spacial score (nSPS) is 12.0. The Labute approximate surface area is 148 Å². The summed E-state index contributed by atoms with van der Waals surface area (Å²) < 4.78 is 54.8. The summed E-state index contributed by atoms with van der Waals surface area (Å²) in [6, 6.07) is 10.1. The lowest BCUT2D eigenvalue weighted by Crippen LogP contribution is -2.27. The first-order valence-corrected chi connectivity index (χ1v) is 8.85. The molecule has 0 amide bonds. The molecular formula is C15H13Cl2F2NO3S. The van der Waals surface area contributed by atoms with E-state index in [0.29, 0.717) is 5.56 Å². The Kier molecular flexibility index (Phi) is 6.03. The van der Waals surface area contributed by atoms with Crippen LogP contribution in [0, 0.1) is 0 Å². The minimum atomic E-state index is -3.91. The molecule has 0 heterocycles. The highest BCUT2D eigenvalue weighted by Crippen LogP contribution is 2.31. The molecule has 9 heteroatoms. The third-order valence-corrected chi connectivity index (χ3v) is 5.90. The van der Waals surface area contributed by atoms with Gasteiger partial charge in [0.25, 0.3) is 0 Å². The maximum Gasteiger partial charge on any atom is 0.387 e. The summed E-state index contributed by atoms with van der Waals surface area (Å²) in [5, 5.41) is 0.0464. The molecule has 2 aromatic rings. The van der Waals surface area contributed by atoms with Crippen molar-refractivity contribution in [3.05, 3.63) is 58.1 Å². The third-order valence-electron chi connectivity index (χ3n) is 3.14. The Bertz CT molecular complexity index is 794. The number of rotatable bonds is 6. The largest absolute Gasteiger partial charge is 0.435 e. The van der Waals surface area contributed by atoms with Crippen molar-refractivity contribution >= 4 is 33.2 Å². The van der Waals surface area contributed by atoms with Gasteiger partial charge in [0, 0.05) is 13.6 Å². The molecule has 2 rings (SSSR count). The van der Waals surface area contributed by atoms with E-state index >= 15 is 0 Å². The van der Waals surface area contributed by atoms with E-state index in [1.165, 1.54) is 43.4 Å². The van der Waals surface area contributed by atoms with Crippen LogP contribution in [0.25, 0.3) is 0 Å². The van der Waals surface area contributed by atoms with E-state index in [0.717, 1.165) is 4.31 Å².